The quantitative estimate of drug-likeness (QED) is 0.519. The third kappa shape index (κ3) is 5.68. The molecule has 30 heavy (non-hydrogen) atoms. The average Bonchev–Trinajstić information content (AvgIpc) is 3.14. The predicted molar refractivity (Wildman–Crippen MR) is 118 cm³/mol. The van der Waals surface area contributed by atoms with Crippen molar-refractivity contribution in [2.24, 2.45) is 0 Å². The Hall–Kier alpha value is -3.17. The molecule has 0 unspecified atom stereocenters. The highest BCUT2D eigenvalue weighted by molar-refractivity contribution is 7.92. The minimum absolute atomic E-state index is 0.169. The number of carbonyl (C=O) groups is 2. The Bertz CT molecular complexity index is 1150. The largest absolute Gasteiger partial charge is 0.342 e. The molecule has 0 fully saturated rings. The van der Waals surface area contributed by atoms with Crippen molar-refractivity contribution in [2.45, 2.75) is 18.7 Å². The van der Waals surface area contributed by atoms with E-state index >= 15 is 0 Å². The lowest BCUT2D eigenvalue weighted by atomic mass is 10.2. The summed E-state index contributed by atoms with van der Waals surface area (Å²) in [6, 6.07) is 16.3. The van der Waals surface area contributed by atoms with Crippen LogP contribution in [0.3, 0.4) is 0 Å². The van der Waals surface area contributed by atoms with Crippen molar-refractivity contribution in [3.8, 4) is 0 Å². The third-order valence-electron chi connectivity index (χ3n) is 4.13. The van der Waals surface area contributed by atoms with Crippen molar-refractivity contribution in [1.29, 1.82) is 0 Å². The first-order valence-corrected chi connectivity index (χ1v) is 11.4. The van der Waals surface area contributed by atoms with Gasteiger partial charge in [0.25, 0.3) is 15.9 Å². The highest BCUT2D eigenvalue weighted by Crippen LogP contribution is 2.19. The van der Waals surface area contributed by atoms with Crippen molar-refractivity contribution in [1.82, 2.24) is 5.32 Å². The van der Waals surface area contributed by atoms with E-state index in [2.05, 4.69) is 15.4 Å². The van der Waals surface area contributed by atoms with Crippen molar-refractivity contribution in [2.75, 3.05) is 16.6 Å². The maximum atomic E-state index is 12.4. The number of thiophene rings is 1. The summed E-state index contributed by atoms with van der Waals surface area (Å²) in [6.07, 6.45) is 0. The molecule has 3 rings (SSSR count). The fraction of sp³-hybridized carbons (Fsp3) is 0.143. The molecular weight excluding hydrogens is 422 g/mol. The fourth-order valence-electron chi connectivity index (χ4n) is 2.56. The van der Waals surface area contributed by atoms with Gasteiger partial charge >= 0.3 is 0 Å². The number of aryl methyl sites for hydroxylation is 2. The van der Waals surface area contributed by atoms with Crippen LogP contribution in [0.2, 0.25) is 0 Å². The zero-order valence-electron chi connectivity index (χ0n) is 16.4. The second-order valence-corrected chi connectivity index (χ2v) is 9.61. The van der Waals surface area contributed by atoms with Crippen LogP contribution in [0.4, 0.5) is 11.4 Å². The molecule has 156 valence electrons. The van der Waals surface area contributed by atoms with Crippen LogP contribution in [0.5, 0.6) is 0 Å². The average molecular weight is 444 g/mol. The van der Waals surface area contributed by atoms with Crippen LogP contribution < -0.4 is 15.4 Å². The number of nitrogens with one attached hydrogen (secondary N) is 3. The Balaban J connectivity index is 1.54. The van der Waals surface area contributed by atoms with Gasteiger partial charge in [-0.1, -0.05) is 17.7 Å². The van der Waals surface area contributed by atoms with Crippen LogP contribution in [0.15, 0.2) is 65.6 Å². The summed E-state index contributed by atoms with van der Waals surface area (Å²) in [5.41, 5.74) is 1.82. The number of hydrogen-bond acceptors (Lipinski definition) is 5. The van der Waals surface area contributed by atoms with Gasteiger partial charge in [0.05, 0.1) is 16.3 Å². The molecule has 1 heterocycles. The number of hydrogen-bond donors (Lipinski definition) is 3. The molecule has 3 aromatic rings. The highest BCUT2D eigenvalue weighted by Gasteiger charge is 2.14. The summed E-state index contributed by atoms with van der Waals surface area (Å²) in [7, 11) is -3.69. The summed E-state index contributed by atoms with van der Waals surface area (Å²) in [5, 5.41) is 5.22. The van der Waals surface area contributed by atoms with Gasteiger partial charge in [0.1, 0.15) is 0 Å². The lowest BCUT2D eigenvalue weighted by Gasteiger charge is -2.10. The van der Waals surface area contributed by atoms with E-state index < -0.39 is 10.0 Å². The van der Waals surface area contributed by atoms with E-state index in [0.717, 1.165) is 10.4 Å². The maximum Gasteiger partial charge on any atom is 0.261 e. The van der Waals surface area contributed by atoms with E-state index in [1.807, 2.05) is 19.9 Å². The Morgan fingerprint density at radius 2 is 1.50 bits per heavy atom. The van der Waals surface area contributed by atoms with E-state index in [9.17, 15) is 18.0 Å². The van der Waals surface area contributed by atoms with Crippen LogP contribution in [-0.4, -0.2) is 26.8 Å². The second kappa shape index (κ2) is 9.10. The van der Waals surface area contributed by atoms with Gasteiger partial charge in [-0.3, -0.25) is 14.3 Å². The monoisotopic (exact) mass is 443 g/mol. The van der Waals surface area contributed by atoms with Gasteiger partial charge in [-0.05, 0) is 62.4 Å². The molecule has 0 aliphatic carbocycles. The molecule has 0 spiro atoms. The topological polar surface area (TPSA) is 104 Å². The number of anilines is 2. The molecule has 2 amide bonds. The molecule has 0 aliphatic heterocycles. The molecule has 0 atom stereocenters. The summed E-state index contributed by atoms with van der Waals surface area (Å²) in [5.74, 6) is -0.686. The van der Waals surface area contributed by atoms with Gasteiger partial charge in [0, 0.05) is 16.3 Å². The van der Waals surface area contributed by atoms with E-state index in [1.54, 1.807) is 42.5 Å². The normalized spacial score (nSPS) is 11.0. The molecule has 3 N–H and O–H groups in total. The SMILES string of the molecule is Cc1ccc(S(=O)(=O)Nc2ccc(NC(=O)CNC(=O)c3ccc(C)s3)cc2)cc1. The molecule has 1 aromatic heterocycles. The molecule has 0 bridgehead atoms. The maximum absolute atomic E-state index is 12.4. The molecule has 0 saturated heterocycles. The molecule has 0 aliphatic rings. The van der Waals surface area contributed by atoms with Crippen molar-refractivity contribution in [3.05, 3.63) is 76.0 Å². The first kappa shape index (κ1) is 21.5. The van der Waals surface area contributed by atoms with E-state index in [4.69, 9.17) is 0 Å². The summed E-state index contributed by atoms with van der Waals surface area (Å²) in [4.78, 5) is 25.8. The van der Waals surface area contributed by atoms with Gasteiger partial charge in [0.2, 0.25) is 5.91 Å². The number of benzene rings is 2. The Labute approximate surface area is 179 Å². The van der Waals surface area contributed by atoms with Gasteiger partial charge in [0.15, 0.2) is 0 Å². The number of carbonyl (C=O) groups excluding carboxylic acids is 2. The number of sulfonamides is 1. The van der Waals surface area contributed by atoms with E-state index in [1.165, 1.54) is 23.5 Å². The Morgan fingerprint density at radius 3 is 2.10 bits per heavy atom. The zero-order chi connectivity index (χ0) is 21.7. The lowest BCUT2D eigenvalue weighted by Crippen LogP contribution is -2.32. The highest BCUT2D eigenvalue weighted by atomic mass is 32.2. The first-order chi connectivity index (χ1) is 14.2. The smallest absolute Gasteiger partial charge is 0.261 e. The minimum atomic E-state index is -3.69. The van der Waals surface area contributed by atoms with Crippen molar-refractivity contribution >= 4 is 44.5 Å². The molecule has 2 aromatic carbocycles. The van der Waals surface area contributed by atoms with Crippen molar-refractivity contribution in [3.63, 3.8) is 0 Å². The molecule has 0 radical (unpaired) electrons. The minimum Gasteiger partial charge on any atom is -0.342 e. The Kier molecular flexibility index (Phi) is 6.53. The number of rotatable bonds is 7. The van der Waals surface area contributed by atoms with E-state index in [-0.39, 0.29) is 23.3 Å². The van der Waals surface area contributed by atoms with Gasteiger partial charge in [-0.15, -0.1) is 11.3 Å². The van der Waals surface area contributed by atoms with Crippen molar-refractivity contribution < 1.29 is 18.0 Å². The van der Waals surface area contributed by atoms with Gasteiger partial charge in [-0.2, -0.15) is 0 Å². The van der Waals surface area contributed by atoms with Crippen LogP contribution in [-0.2, 0) is 14.8 Å². The summed E-state index contributed by atoms with van der Waals surface area (Å²) < 4.78 is 27.3. The standard InChI is InChI=1S/C21H21N3O4S2/c1-14-3-10-18(11-4-14)30(27,28)24-17-8-6-16(7-9-17)23-20(25)13-22-21(26)19-12-5-15(2)29-19/h3-12,24H,13H2,1-2H3,(H,22,26)(H,23,25). The zero-order valence-corrected chi connectivity index (χ0v) is 18.1. The fourth-order valence-corrected chi connectivity index (χ4v) is 4.41. The molecule has 9 heteroatoms. The van der Waals surface area contributed by atoms with Gasteiger partial charge in [-0.25, -0.2) is 8.42 Å². The second-order valence-electron chi connectivity index (χ2n) is 6.64. The summed E-state index contributed by atoms with van der Waals surface area (Å²) >= 11 is 1.36. The lowest BCUT2D eigenvalue weighted by molar-refractivity contribution is -0.115. The van der Waals surface area contributed by atoms with Gasteiger partial charge < -0.3 is 10.6 Å². The molecule has 7 nitrogen and oxygen atoms in total. The third-order valence-corrected chi connectivity index (χ3v) is 6.52. The van der Waals surface area contributed by atoms with Crippen LogP contribution >= 0.6 is 11.3 Å². The van der Waals surface area contributed by atoms with Crippen LogP contribution in [0, 0.1) is 13.8 Å². The van der Waals surface area contributed by atoms with Crippen LogP contribution in [0.1, 0.15) is 20.1 Å². The first-order valence-electron chi connectivity index (χ1n) is 9.07. The molecular formula is C21H21N3O4S2. The van der Waals surface area contributed by atoms with Crippen LogP contribution in [0.25, 0.3) is 0 Å². The molecule has 0 saturated carbocycles. The summed E-state index contributed by atoms with van der Waals surface area (Å²) in [6.45, 7) is 3.61. The predicted octanol–water partition coefficient (Wildman–Crippen LogP) is 3.53. The Morgan fingerprint density at radius 1 is 0.867 bits per heavy atom. The number of amides is 2. The van der Waals surface area contributed by atoms with E-state index in [0.29, 0.717) is 16.3 Å².